The van der Waals surface area contributed by atoms with Gasteiger partial charge in [-0.25, -0.2) is 18.3 Å². The van der Waals surface area contributed by atoms with E-state index in [1.54, 1.807) is 0 Å². The van der Waals surface area contributed by atoms with Gasteiger partial charge in [-0.3, -0.25) is 45.3 Å². The molecule has 0 spiro atoms. The van der Waals surface area contributed by atoms with E-state index >= 15 is 0 Å². The molecule has 0 saturated heterocycles. The first kappa shape index (κ1) is 210. The van der Waals surface area contributed by atoms with Crippen LogP contribution in [0.3, 0.4) is 0 Å². The van der Waals surface area contributed by atoms with Gasteiger partial charge in [0.2, 0.25) is 0 Å². The molecule has 0 bridgehead atoms. The maximum absolute atomic E-state index is 13.6. The maximum atomic E-state index is 13.6. The second-order valence-corrected chi connectivity index (χ2v) is 43.7. The van der Waals surface area contributed by atoms with E-state index in [1.165, 1.54) is 6.92 Å². The maximum Gasteiger partial charge on any atom is 0.472 e. The Kier molecular flexibility index (Phi) is 184. The Labute approximate surface area is 1330 Å². The van der Waals surface area contributed by atoms with E-state index in [9.17, 15) is 56.8 Å². The summed E-state index contributed by atoms with van der Waals surface area (Å²) in [4.78, 5) is 64.4. The van der Waals surface area contributed by atoms with Crippen molar-refractivity contribution in [3.05, 3.63) is 125 Å². The summed E-state index contributed by atoms with van der Waals surface area (Å²) in [6.45, 7) is 76.2. The minimum Gasteiger partial charge on any atom is -0.381 e. The number of phosphoric ester groups is 4. The van der Waals surface area contributed by atoms with Gasteiger partial charge in [-0.1, -0.05) is 143 Å². The van der Waals surface area contributed by atoms with Crippen LogP contribution in [-0.4, -0.2) is 185 Å². The van der Waals surface area contributed by atoms with Crippen LogP contribution in [0.5, 0.6) is 0 Å². The predicted molar refractivity (Wildman–Crippen MR) is 500 cm³/mol. The van der Waals surface area contributed by atoms with Crippen molar-refractivity contribution in [3.63, 3.8) is 0 Å². The van der Waals surface area contributed by atoms with Crippen LogP contribution in [0.2, 0.25) is 0 Å². The molecule has 18 radical (unpaired) electrons. The third kappa shape index (κ3) is 106. The van der Waals surface area contributed by atoms with Crippen molar-refractivity contribution in [2.45, 2.75) is 302 Å². The molecular weight excluding hydrogens is 3330 g/mol. The normalized spacial score (nSPS) is 15.1. The van der Waals surface area contributed by atoms with Crippen LogP contribution in [0.1, 0.15) is 271 Å². The zero-order valence-electron chi connectivity index (χ0n) is 88.2. The Bertz CT molecular complexity index is 2880. The fourth-order valence-corrected chi connectivity index (χ4v) is 21.5. The Morgan fingerprint density at radius 2 is 0.399 bits per heavy atom. The molecule has 0 aromatic rings. The second kappa shape index (κ2) is 126. The van der Waals surface area contributed by atoms with Crippen LogP contribution in [0, 0.1) is 163 Å². The Hall–Kier alpha value is 20.4. The zero-order valence-corrected chi connectivity index (χ0v) is 145. The van der Waals surface area contributed by atoms with E-state index in [-0.39, 0.29) is 699 Å². The van der Waals surface area contributed by atoms with Crippen molar-refractivity contribution in [2.24, 2.45) is 38.4 Å². The molecule has 0 aromatic heterocycles. The van der Waals surface area contributed by atoms with Gasteiger partial charge in [0, 0.05) is 608 Å². The quantitative estimate of drug-likeness (QED) is 0.0243. The van der Waals surface area contributed by atoms with Gasteiger partial charge in [-0.15, -0.1) is 0 Å². The fraction of sp³-hybridized carbons (Fsp3) is 0.802. The van der Waals surface area contributed by atoms with E-state index in [2.05, 4.69) is 125 Å². The molecule has 28 nitrogen and oxygen atoms in total. The summed E-state index contributed by atoms with van der Waals surface area (Å²) in [5.41, 5.74) is -1.42. The molecule has 0 amide bonds. The standard InChI is InChI=1S/C46H89O17P4.C45H85O11P2.18Y/c1-12-23-44(24-13-2,25-14-3)38-56-33-41(22-32-65(49,50)55-11)62-66(51,52)60-37-43(35-58-40-46(29-18-7,30-19-8)31-20-9)63-67(53,54)59-36-42(61-64(47,48)21-10)34-57-39-45(26-15-4,27-16-5)28-17-6;1-12-22-41(34-51-38-44(26-16-5,27-17-6)28-18-7)55-58(48,49)54-36-42(35-52-39-45(29-19-8,30-20-9)31-21-10)56-57(46,47)53-33-40(11)32-50-37-43(23-13-2,24-14-3)25-15-4;;;;;;;;;;;;;;;;;;/h41-43H,1-9,12-40H2,10-11H3,(H,47,48)(H,49,50)(H,51,52)(H,53,54);40-42H,2-10,12-39H2,1,11H3,(H,46,47)(H,48,49);;;;;;;;;;;;;;;;;;/q2*-9;;;;;;;;;;;;;;;;;;. The molecule has 808 valence electrons. The van der Waals surface area contributed by atoms with Crippen molar-refractivity contribution in [2.75, 3.05) is 125 Å². The van der Waals surface area contributed by atoms with Crippen molar-refractivity contribution < 1.29 is 719 Å². The largest absolute Gasteiger partial charge is 0.472 e. The van der Waals surface area contributed by atoms with Crippen molar-refractivity contribution in [1.82, 2.24) is 0 Å². The summed E-state index contributed by atoms with van der Waals surface area (Å²) in [5.74, 6) is -0.245. The molecule has 0 heterocycles. The van der Waals surface area contributed by atoms with Gasteiger partial charge in [0.25, 0.3) is 0 Å². The minimum atomic E-state index is -5.12. The second-order valence-electron chi connectivity index (χ2n) is 33.8. The van der Waals surface area contributed by atoms with Crippen molar-refractivity contribution in [3.8, 4) is 0 Å². The van der Waals surface area contributed by atoms with Crippen LogP contribution in [0.25, 0.3) is 0 Å². The van der Waals surface area contributed by atoms with E-state index in [4.69, 9.17) is 73.7 Å². The number of hydrogen-bond acceptors (Lipinski definition) is 22. The summed E-state index contributed by atoms with van der Waals surface area (Å²) in [7, 11) is -26.8. The molecule has 0 fully saturated rings. The first-order valence-electron chi connectivity index (χ1n) is 45.3. The number of phosphoric acid groups is 4. The van der Waals surface area contributed by atoms with Gasteiger partial charge < -0.3 is 191 Å². The average molecular weight is 3500 g/mol. The molecule has 0 aliphatic carbocycles. The summed E-state index contributed by atoms with van der Waals surface area (Å²) in [6.07, 6.45) is 20.3. The molecule has 0 saturated carbocycles. The van der Waals surface area contributed by atoms with Gasteiger partial charge in [0.15, 0.2) is 0 Å². The SMILES string of the molecule is [CH2-]CCC(CC[CH2-])(CC[CH2-])COCC(C)COP(=O)(O)OC(COCC(CC[CH2-])(CC[CH2-])CC[CH2-])COP(=O)(O)OC(CCC)COCC(CC[CH2-])(CC[CH2-])CC[CH2-].[CH2-]CCC(CC[CH2-])(CC[CH2-])COCC(COP(=O)(O)OC(COCC(CC[CH2-])(CC[CH2-])CC[CH2-])COP(=O)(O)OC(CCP(=O)(O)OC)COCC(CC[CH2-])(CC[CH2-])CC[CH2-])OP(=O)(O)CC.[Y].[Y].[Y].[Y].[Y].[Y].[Y].[Y].[Y].[Y].[Y].[Y].[Y].[Y].[Y].[Y].[Y].[Y]. The summed E-state index contributed by atoms with van der Waals surface area (Å²) >= 11 is 0. The third-order valence-corrected chi connectivity index (χ3v) is 29.3. The first-order valence-corrected chi connectivity index (χ1v) is 54.8. The molecule has 12 atom stereocenters. The van der Waals surface area contributed by atoms with Crippen LogP contribution >= 0.6 is 46.5 Å². The molecule has 0 rings (SSSR count). The molecular formula is C91H174O28P6Y18-18. The van der Waals surface area contributed by atoms with Gasteiger partial charge in [-0.05, 0) is 45.3 Å². The van der Waals surface area contributed by atoms with Gasteiger partial charge in [0.05, 0.1) is 124 Å². The number of ether oxygens (including phenoxy) is 6. The van der Waals surface area contributed by atoms with E-state index < -0.39 is 110 Å². The minimum absolute atomic E-state index is 0. The third-order valence-electron chi connectivity index (χ3n) is 22.4. The van der Waals surface area contributed by atoms with Gasteiger partial charge in [-0.2, -0.15) is 116 Å². The van der Waals surface area contributed by atoms with E-state index in [1.807, 2.05) is 13.8 Å². The fourth-order valence-electron chi connectivity index (χ4n) is 16.2. The van der Waals surface area contributed by atoms with Crippen LogP contribution in [-0.2, 0) is 690 Å². The van der Waals surface area contributed by atoms with Gasteiger partial charge in [0.1, 0.15) is 18.3 Å². The molecule has 52 heteroatoms. The predicted octanol–water partition coefficient (Wildman–Crippen LogP) is 23.3. The Balaban J connectivity index is -0.000000105. The van der Waals surface area contributed by atoms with Crippen molar-refractivity contribution in [1.29, 1.82) is 0 Å². The molecule has 0 aliphatic heterocycles. The Morgan fingerprint density at radius 3 is 0.580 bits per heavy atom. The average Bonchev–Trinajstić information content (AvgIpc) is 0.896. The van der Waals surface area contributed by atoms with E-state index in [0.29, 0.717) is 129 Å². The first-order chi connectivity index (χ1) is 59.1. The van der Waals surface area contributed by atoms with Crippen molar-refractivity contribution >= 4 is 46.5 Å². The Morgan fingerprint density at radius 1 is 0.231 bits per heavy atom. The number of hydrogen-bond donors (Lipinski definition) is 6. The van der Waals surface area contributed by atoms with Crippen LogP contribution < -0.4 is 0 Å². The summed E-state index contributed by atoms with van der Waals surface area (Å²) < 4.78 is 169. The summed E-state index contributed by atoms with van der Waals surface area (Å²) in [6, 6.07) is 0. The van der Waals surface area contributed by atoms with E-state index in [0.717, 1.165) is 142 Å². The molecule has 0 aliphatic rings. The molecule has 0 aromatic carbocycles. The topological polar surface area (TPSA) is 371 Å². The smallest absolute Gasteiger partial charge is 0.381 e. The molecule has 12 unspecified atom stereocenters. The zero-order chi connectivity index (χ0) is 95.1. The van der Waals surface area contributed by atoms with Crippen LogP contribution in [0.4, 0.5) is 0 Å². The molecule has 6 N–H and O–H groups in total. The van der Waals surface area contributed by atoms with Gasteiger partial charge >= 0.3 is 46.5 Å². The monoisotopic (exact) mass is 3500 g/mol. The summed E-state index contributed by atoms with van der Waals surface area (Å²) in [5, 5.41) is 0. The van der Waals surface area contributed by atoms with Crippen LogP contribution in [0.15, 0.2) is 0 Å². The number of rotatable bonds is 89. The molecule has 143 heavy (non-hydrogen) atoms.